The Morgan fingerprint density at radius 1 is 1.12 bits per heavy atom. The van der Waals surface area contributed by atoms with Crippen molar-refractivity contribution in [2.24, 2.45) is 0 Å². The number of pyridine rings is 1. The van der Waals surface area contributed by atoms with Crippen LogP contribution in [0, 0.1) is 0 Å². The molecular formula is C26H26Cl2FN3O. The molecule has 7 heteroatoms. The van der Waals surface area contributed by atoms with Gasteiger partial charge in [-0.2, -0.15) is 0 Å². The second kappa shape index (κ2) is 9.11. The third kappa shape index (κ3) is 4.80. The highest BCUT2D eigenvalue weighted by Gasteiger charge is 2.44. The molecule has 1 N–H and O–H groups in total. The third-order valence-corrected chi connectivity index (χ3v) is 7.65. The van der Waals surface area contributed by atoms with Gasteiger partial charge in [-0.25, -0.2) is 4.39 Å². The van der Waals surface area contributed by atoms with Crippen LogP contribution in [0.25, 0.3) is 0 Å². The topological polar surface area (TPSA) is 49.0 Å². The van der Waals surface area contributed by atoms with Crippen LogP contribution in [0.2, 0.25) is 10.0 Å². The average molecular weight is 486 g/mol. The number of nitrogens with zero attached hydrogens (tertiary/aromatic N) is 2. The van der Waals surface area contributed by atoms with E-state index in [2.05, 4.69) is 11.1 Å². The Bertz CT molecular complexity index is 1140. The van der Waals surface area contributed by atoms with E-state index in [1.54, 1.807) is 23.1 Å². The zero-order valence-electron chi connectivity index (χ0n) is 18.2. The fraction of sp³-hybridized carbons (Fsp3) is 0.385. The Balaban J connectivity index is 1.33. The number of H-pyrrole nitrogens is 1. The minimum atomic E-state index is -1.43. The molecule has 2 aliphatic rings. The van der Waals surface area contributed by atoms with Crippen molar-refractivity contribution in [3.05, 3.63) is 87.4 Å². The fourth-order valence-corrected chi connectivity index (χ4v) is 5.10. The van der Waals surface area contributed by atoms with Crippen molar-refractivity contribution >= 4 is 29.1 Å². The van der Waals surface area contributed by atoms with Crippen molar-refractivity contribution in [3.8, 4) is 0 Å². The minimum Gasteiger partial charge on any atom is -0.365 e. The molecular weight excluding hydrogens is 460 g/mol. The monoisotopic (exact) mass is 485 g/mol. The number of aromatic nitrogens is 2. The van der Waals surface area contributed by atoms with E-state index in [0.29, 0.717) is 41.0 Å². The zero-order valence-corrected chi connectivity index (χ0v) is 19.7. The number of hydrogen-bond donors (Lipinski definition) is 1. The lowest BCUT2D eigenvalue weighted by Crippen LogP contribution is -2.47. The molecule has 33 heavy (non-hydrogen) atoms. The molecule has 3 heterocycles. The van der Waals surface area contributed by atoms with Crippen LogP contribution in [0.5, 0.6) is 0 Å². The van der Waals surface area contributed by atoms with Crippen LogP contribution >= 0.6 is 23.2 Å². The molecule has 4 nitrogen and oxygen atoms in total. The predicted molar refractivity (Wildman–Crippen MR) is 129 cm³/mol. The van der Waals surface area contributed by atoms with Crippen molar-refractivity contribution in [2.45, 2.75) is 49.6 Å². The Labute approximate surface area is 203 Å². The van der Waals surface area contributed by atoms with Crippen LogP contribution < -0.4 is 0 Å². The number of hydrogen-bond acceptors (Lipinski definition) is 2. The highest BCUT2D eigenvalue weighted by atomic mass is 35.5. The lowest BCUT2D eigenvalue weighted by atomic mass is 9.76. The summed E-state index contributed by atoms with van der Waals surface area (Å²) in [5, 5.41) is 0.745. The van der Waals surface area contributed by atoms with Gasteiger partial charge in [-0.15, -0.1) is 0 Å². The summed E-state index contributed by atoms with van der Waals surface area (Å²) in [6, 6.07) is 14.8. The highest BCUT2D eigenvalue weighted by molar-refractivity contribution is 6.42. The first-order valence-electron chi connectivity index (χ1n) is 11.5. The maximum absolute atomic E-state index is 16.5. The molecule has 0 spiro atoms. The van der Waals surface area contributed by atoms with Gasteiger partial charge >= 0.3 is 0 Å². The van der Waals surface area contributed by atoms with Gasteiger partial charge in [0.2, 0.25) is 0 Å². The van der Waals surface area contributed by atoms with E-state index < -0.39 is 5.67 Å². The van der Waals surface area contributed by atoms with Gasteiger partial charge in [-0.1, -0.05) is 29.3 Å². The fourth-order valence-electron chi connectivity index (χ4n) is 4.80. The Morgan fingerprint density at radius 2 is 1.91 bits per heavy atom. The summed E-state index contributed by atoms with van der Waals surface area (Å²) in [6.45, 7) is 0.699. The first-order chi connectivity index (χ1) is 15.9. The summed E-state index contributed by atoms with van der Waals surface area (Å²) in [5.74, 6) is 0.0615. The van der Waals surface area contributed by atoms with E-state index in [4.69, 9.17) is 28.2 Å². The molecule has 1 saturated carbocycles. The average Bonchev–Trinajstić information content (AvgIpc) is 3.54. The van der Waals surface area contributed by atoms with E-state index in [9.17, 15) is 4.79 Å². The summed E-state index contributed by atoms with van der Waals surface area (Å²) in [5.41, 5.74) is 1.95. The van der Waals surface area contributed by atoms with E-state index in [1.165, 1.54) is 12.8 Å². The standard InChI is InChI=1S/C26H26Cl2FN3O/c27-21-9-8-18(15-22(21)28)25(33)32-13-10-26(29,11-14-32)20(24-5-2-12-30-24)16-19-3-1-4-23(31-19)17-6-7-17/h1-5,8-9,12,15,17,20,30H,6-7,10-11,13-14,16H2. The molecule has 1 atom stereocenters. The number of carbonyl (C=O) groups excluding carboxylic acids is 1. The number of piperidine rings is 1. The summed E-state index contributed by atoms with van der Waals surface area (Å²) < 4.78 is 16.5. The number of likely N-dealkylation sites (tertiary alicyclic amines) is 1. The second-order valence-electron chi connectivity index (χ2n) is 9.17. The van der Waals surface area contributed by atoms with Crippen molar-refractivity contribution in [3.63, 3.8) is 0 Å². The Hall–Kier alpha value is -2.37. The van der Waals surface area contributed by atoms with E-state index in [1.807, 2.05) is 30.5 Å². The van der Waals surface area contributed by atoms with Crippen LogP contribution in [-0.2, 0) is 6.42 Å². The van der Waals surface area contributed by atoms with Crippen molar-refractivity contribution in [1.82, 2.24) is 14.9 Å². The molecule has 1 aliphatic heterocycles. The van der Waals surface area contributed by atoms with Gasteiger partial charge in [0.05, 0.1) is 10.0 Å². The molecule has 5 rings (SSSR count). The van der Waals surface area contributed by atoms with Gasteiger partial charge in [0, 0.05) is 60.2 Å². The lowest BCUT2D eigenvalue weighted by molar-refractivity contribution is 0.0284. The Morgan fingerprint density at radius 3 is 2.58 bits per heavy atom. The van der Waals surface area contributed by atoms with E-state index >= 15 is 4.39 Å². The molecule has 0 radical (unpaired) electrons. The van der Waals surface area contributed by atoms with Crippen molar-refractivity contribution in [1.29, 1.82) is 0 Å². The summed E-state index contributed by atoms with van der Waals surface area (Å²) in [7, 11) is 0. The first kappa shape index (κ1) is 22.4. The molecule has 1 aromatic carbocycles. The smallest absolute Gasteiger partial charge is 0.253 e. The summed E-state index contributed by atoms with van der Waals surface area (Å²) in [6.07, 6.45) is 5.28. The number of carbonyl (C=O) groups is 1. The number of alkyl halides is 1. The van der Waals surface area contributed by atoms with Gasteiger partial charge in [-0.3, -0.25) is 9.78 Å². The van der Waals surface area contributed by atoms with Crippen LogP contribution in [0.15, 0.2) is 54.7 Å². The number of halogens is 3. The summed E-state index contributed by atoms with van der Waals surface area (Å²) in [4.78, 5) is 22.7. The van der Waals surface area contributed by atoms with Crippen LogP contribution in [-0.4, -0.2) is 39.5 Å². The Kier molecular flexibility index (Phi) is 6.19. The molecule has 1 aliphatic carbocycles. The molecule has 1 unspecified atom stereocenters. The molecule has 2 aromatic heterocycles. The number of nitrogens with one attached hydrogen (secondary N) is 1. The maximum Gasteiger partial charge on any atom is 0.253 e. The summed E-state index contributed by atoms with van der Waals surface area (Å²) >= 11 is 12.1. The molecule has 2 fully saturated rings. The molecule has 172 valence electrons. The first-order valence-corrected chi connectivity index (χ1v) is 12.2. The quantitative estimate of drug-likeness (QED) is 0.429. The van der Waals surface area contributed by atoms with Crippen LogP contribution in [0.3, 0.4) is 0 Å². The van der Waals surface area contributed by atoms with E-state index in [-0.39, 0.29) is 24.7 Å². The van der Waals surface area contributed by atoms with Gasteiger partial charge in [0.15, 0.2) is 0 Å². The zero-order chi connectivity index (χ0) is 23.0. The van der Waals surface area contributed by atoms with Crippen LogP contribution in [0.4, 0.5) is 4.39 Å². The second-order valence-corrected chi connectivity index (χ2v) is 9.98. The number of benzene rings is 1. The van der Waals surface area contributed by atoms with Crippen molar-refractivity contribution < 1.29 is 9.18 Å². The molecule has 1 amide bonds. The van der Waals surface area contributed by atoms with Gasteiger partial charge in [0.25, 0.3) is 5.91 Å². The largest absolute Gasteiger partial charge is 0.365 e. The van der Waals surface area contributed by atoms with Gasteiger partial charge < -0.3 is 9.88 Å². The number of aromatic amines is 1. The van der Waals surface area contributed by atoms with E-state index in [0.717, 1.165) is 17.1 Å². The normalized spacial score (nSPS) is 18.8. The minimum absolute atomic E-state index is 0.147. The lowest BCUT2D eigenvalue weighted by Gasteiger charge is -2.41. The van der Waals surface area contributed by atoms with Crippen molar-refractivity contribution in [2.75, 3.05) is 13.1 Å². The van der Waals surface area contributed by atoms with Gasteiger partial charge in [0.1, 0.15) is 5.67 Å². The molecule has 1 saturated heterocycles. The third-order valence-electron chi connectivity index (χ3n) is 6.91. The maximum atomic E-state index is 16.5. The number of rotatable bonds is 6. The molecule has 0 bridgehead atoms. The predicted octanol–water partition coefficient (Wildman–Crippen LogP) is 6.56. The number of amides is 1. The SMILES string of the molecule is O=C(c1ccc(Cl)c(Cl)c1)N1CCC(F)(C(Cc2cccc(C3CC3)n2)c2ccc[nH]2)CC1. The highest BCUT2D eigenvalue weighted by Crippen LogP contribution is 2.43. The van der Waals surface area contributed by atoms with Crippen LogP contribution in [0.1, 0.15) is 65.0 Å². The van der Waals surface area contributed by atoms with Gasteiger partial charge in [-0.05, 0) is 68.1 Å². The molecule has 3 aromatic rings.